The van der Waals surface area contributed by atoms with E-state index in [0.717, 1.165) is 5.69 Å². The van der Waals surface area contributed by atoms with E-state index >= 15 is 0 Å². The highest BCUT2D eigenvalue weighted by atomic mass is 32.2. The number of ether oxygens (including phenoxy) is 1. The molecule has 3 aromatic rings. The molecule has 0 aliphatic carbocycles. The molecule has 0 radical (unpaired) electrons. The molecule has 26 heavy (non-hydrogen) atoms. The first-order valence-corrected chi connectivity index (χ1v) is 9.25. The quantitative estimate of drug-likeness (QED) is 0.756. The van der Waals surface area contributed by atoms with Gasteiger partial charge in [-0.15, -0.1) is 0 Å². The zero-order valence-electron chi connectivity index (χ0n) is 13.9. The minimum atomic E-state index is -3.66. The first-order chi connectivity index (χ1) is 12.4. The Morgan fingerprint density at radius 3 is 2.19 bits per heavy atom. The number of sulfone groups is 1. The summed E-state index contributed by atoms with van der Waals surface area (Å²) in [4.78, 5) is 16.1. The molecule has 132 valence electrons. The Bertz CT molecular complexity index is 1000. The third-order valence-electron chi connectivity index (χ3n) is 3.56. The summed E-state index contributed by atoms with van der Waals surface area (Å²) in [6, 6.07) is 17.6. The molecular weight excluding hydrogens is 352 g/mol. The zero-order valence-corrected chi connectivity index (χ0v) is 14.7. The number of hydrogen-bond acceptors (Lipinski definition) is 5. The summed E-state index contributed by atoms with van der Waals surface area (Å²) < 4.78 is 30.3. The second-order valence-corrected chi connectivity index (χ2v) is 7.44. The standard InChI is InChI=1S/C19H16N2O4S/c1-14-7-10-18(13-20-14)26(23,24)17-11-8-15(9-12-17)21-19(22)25-16-5-3-2-4-6-16/h2-13H,1H3,(H,21,22). The Labute approximate surface area is 151 Å². The van der Waals surface area contributed by atoms with E-state index in [9.17, 15) is 13.2 Å². The second-order valence-electron chi connectivity index (χ2n) is 5.49. The molecule has 1 aromatic heterocycles. The fourth-order valence-corrected chi connectivity index (χ4v) is 3.41. The maximum Gasteiger partial charge on any atom is 0.417 e. The molecule has 0 aliphatic heterocycles. The number of aromatic nitrogens is 1. The van der Waals surface area contributed by atoms with Gasteiger partial charge in [0, 0.05) is 17.6 Å². The average molecular weight is 368 g/mol. The van der Waals surface area contributed by atoms with Crippen LogP contribution in [-0.4, -0.2) is 19.5 Å². The SMILES string of the molecule is Cc1ccc(S(=O)(=O)c2ccc(NC(=O)Oc3ccccc3)cc2)cn1. The molecule has 0 spiro atoms. The lowest BCUT2D eigenvalue weighted by molar-refractivity contribution is 0.215. The number of rotatable bonds is 4. The minimum absolute atomic E-state index is 0.116. The smallest absolute Gasteiger partial charge is 0.410 e. The van der Waals surface area contributed by atoms with Crippen molar-refractivity contribution in [3.63, 3.8) is 0 Å². The third kappa shape index (κ3) is 4.07. The maximum absolute atomic E-state index is 12.6. The van der Waals surface area contributed by atoms with E-state index in [0.29, 0.717) is 11.4 Å². The lowest BCUT2D eigenvalue weighted by atomic mass is 10.3. The molecule has 0 bridgehead atoms. The number of aryl methyl sites for hydroxylation is 1. The summed E-state index contributed by atoms with van der Waals surface area (Å²) in [6.07, 6.45) is 0.670. The summed E-state index contributed by atoms with van der Waals surface area (Å²) in [5, 5.41) is 2.55. The van der Waals surface area contributed by atoms with E-state index in [4.69, 9.17) is 4.74 Å². The molecule has 3 rings (SSSR count). The number of benzene rings is 2. The number of carbonyl (C=O) groups excluding carboxylic acids is 1. The van der Waals surface area contributed by atoms with Crippen LogP contribution in [0.2, 0.25) is 0 Å². The maximum atomic E-state index is 12.6. The van der Waals surface area contributed by atoms with Gasteiger partial charge in [0.2, 0.25) is 9.84 Å². The minimum Gasteiger partial charge on any atom is -0.410 e. The summed E-state index contributed by atoms with van der Waals surface area (Å²) in [5.41, 5.74) is 1.16. The number of nitrogens with one attached hydrogen (secondary N) is 1. The highest BCUT2D eigenvalue weighted by Gasteiger charge is 2.18. The van der Waals surface area contributed by atoms with Gasteiger partial charge in [0.25, 0.3) is 0 Å². The molecule has 1 heterocycles. The summed E-state index contributed by atoms with van der Waals surface area (Å²) in [6.45, 7) is 1.78. The van der Waals surface area contributed by atoms with Crippen molar-refractivity contribution >= 4 is 21.6 Å². The van der Waals surface area contributed by atoms with Crippen LogP contribution in [0.5, 0.6) is 5.75 Å². The molecular formula is C19H16N2O4S. The lowest BCUT2D eigenvalue weighted by Crippen LogP contribution is -2.16. The van der Waals surface area contributed by atoms with Crippen LogP contribution in [-0.2, 0) is 9.84 Å². The largest absolute Gasteiger partial charge is 0.417 e. The number of amides is 1. The average Bonchev–Trinajstić information content (AvgIpc) is 2.63. The van der Waals surface area contributed by atoms with Gasteiger partial charge >= 0.3 is 6.09 Å². The highest BCUT2D eigenvalue weighted by Crippen LogP contribution is 2.22. The van der Waals surface area contributed by atoms with E-state index in [2.05, 4.69) is 10.3 Å². The van der Waals surface area contributed by atoms with Gasteiger partial charge in [-0.2, -0.15) is 0 Å². The lowest BCUT2D eigenvalue weighted by Gasteiger charge is -2.08. The van der Waals surface area contributed by atoms with Crippen LogP contribution < -0.4 is 10.1 Å². The van der Waals surface area contributed by atoms with Crippen LogP contribution >= 0.6 is 0 Å². The van der Waals surface area contributed by atoms with Crippen molar-refractivity contribution in [3.05, 3.63) is 78.6 Å². The topological polar surface area (TPSA) is 85.4 Å². The Kier molecular flexibility index (Phi) is 4.99. The molecule has 0 aliphatic rings. The van der Waals surface area contributed by atoms with Crippen LogP contribution in [0.1, 0.15) is 5.69 Å². The number of anilines is 1. The molecule has 0 saturated heterocycles. The van der Waals surface area contributed by atoms with E-state index in [-0.39, 0.29) is 9.79 Å². The number of nitrogens with zero attached hydrogens (tertiary/aromatic N) is 1. The molecule has 0 unspecified atom stereocenters. The van der Waals surface area contributed by atoms with Gasteiger partial charge in [-0.3, -0.25) is 10.3 Å². The Morgan fingerprint density at radius 1 is 0.923 bits per heavy atom. The first kappa shape index (κ1) is 17.6. The monoisotopic (exact) mass is 368 g/mol. The predicted molar refractivity (Wildman–Crippen MR) is 97.0 cm³/mol. The van der Waals surface area contributed by atoms with Crippen LogP contribution in [0.25, 0.3) is 0 Å². The normalized spacial score (nSPS) is 11.0. The summed E-state index contributed by atoms with van der Waals surface area (Å²) in [5.74, 6) is 0.413. The zero-order chi connectivity index (χ0) is 18.6. The van der Waals surface area contributed by atoms with Gasteiger partial charge in [0.1, 0.15) is 5.75 Å². The van der Waals surface area contributed by atoms with E-state index in [1.165, 1.54) is 36.5 Å². The fraction of sp³-hybridized carbons (Fsp3) is 0.0526. The van der Waals surface area contributed by atoms with Gasteiger partial charge in [0.05, 0.1) is 9.79 Å². The molecule has 0 fully saturated rings. The number of pyridine rings is 1. The van der Waals surface area contributed by atoms with Crippen LogP contribution in [0.15, 0.2) is 82.7 Å². The van der Waals surface area contributed by atoms with Crippen molar-refractivity contribution in [2.75, 3.05) is 5.32 Å². The van der Waals surface area contributed by atoms with Crippen molar-refractivity contribution in [1.82, 2.24) is 4.98 Å². The van der Waals surface area contributed by atoms with Crippen LogP contribution in [0.3, 0.4) is 0 Å². The summed E-state index contributed by atoms with van der Waals surface area (Å²) >= 11 is 0. The van der Waals surface area contributed by atoms with Crippen molar-refractivity contribution in [2.45, 2.75) is 16.7 Å². The molecule has 0 saturated carbocycles. The number of para-hydroxylation sites is 1. The van der Waals surface area contributed by atoms with Crippen molar-refractivity contribution in [1.29, 1.82) is 0 Å². The molecule has 1 amide bonds. The fourth-order valence-electron chi connectivity index (χ4n) is 2.21. The molecule has 7 heteroatoms. The third-order valence-corrected chi connectivity index (χ3v) is 5.31. The number of carbonyl (C=O) groups is 1. The van der Waals surface area contributed by atoms with Gasteiger partial charge in [-0.05, 0) is 55.5 Å². The molecule has 0 atom stereocenters. The van der Waals surface area contributed by atoms with E-state index in [1.807, 2.05) is 6.07 Å². The highest BCUT2D eigenvalue weighted by molar-refractivity contribution is 7.91. The van der Waals surface area contributed by atoms with E-state index < -0.39 is 15.9 Å². The van der Waals surface area contributed by atoms with Gasteiger partial charge in [-0.1, -0.05) is 18.2 Å². The molecule has 2 aromatic carbocycles. The van der Waals surface area contributed by atoms with Crippen molar-refractivity contribution < 1.29 is 17.9 Å². The molecule has 1 N–H and O–H groups in total. The van der Waals surface area contributed by atoms with Gasteiger partial charge in [0.15, 0.2) is 0 Å². The first-order valence-electron chi connectivity index (χ1n) is 7.77. The predicted octanol–water partition coefficient (Wildman–Crippen LogP) is 3.83. The van der Waals surface area contributed by atoms with Crippen molar-refractivity contribution in [2.24, 2.45) is 0 Å². The van der Waals surface area contributed by atoms with Crippen molar-refractivity contribution in [3.8, 4) is 5.75 Å². The van der Waals surface area contributed by atoms with Gasteiger partial charge in [-0.25, -0.2) is 13.2 Å². The van der Waals surface area contributed by atoms with Crippen LogP contribution in [0.4, 0.5) is 10.5 Å². The molecule has 6 nitrogen and oxygen atoms in total. The Morgan fingerprint density at radius 2 is 1.58 bits per heavy atom. The van der Waals surface area contributed by atoms with Crippen LogP contribution in [0, 0.1) is 6.92 Å². The number of hydrogen-bond donors (Lipinski definition) is 1. The van der Waals surface area contributed by atoms with E-state index in [1.54, 1.807) is 37.3 Å². The Balaban J connectivity index is 1.72. The second kappa shape index (κ2) is 7.37. The Hall–Kier alpha value is -3.19. The van der Waals surface area contributed by atoms with Gasteiger partial charge < -0.3 is 4.74 Å². The summed E-state index contributed by atoms with van der Waals surface area (Å²) in [7, 11) is -3.66.